The summed E-state index contributed by atoms with van der Waals surface area (Å²) in [5, 5.41) is 8.16. The summed E-state index contributed by atoms with van der Waals surface area (Å²) in [7, 11) is 0. The number of azo groups is 1. The van der Waals surface area contributed by atoms with E-state index in [1.807, 2.05) is 24.3 Å². The Labute approximate surface area is 124 Å². The fourth-order valence-corrected chi connectivity index (χ4v) is 1.59. The zero-order chi connectivity index (χ0) is 15.1. The van der Waals surface area contributed by atoms with E-state index in [4.69, 9.17) is 4.74 Å². The van der Waals surface area contributed by atoms with E-state index in [9.17, 15) is 4.39 Å². The van der Waals surface area contributed by atoms with E-state index in [-0.39, 0.29) is 5.82 Å². The van der Waals surface area contributed by atoms with Gasteiger partial charge in [-0.05, 0) is 54.4 Å². The van der Waals surface area contributed by atoms with Gasteiger partial charge in [-0.1, -0.05) is 20.3 Å². The Morgan fingerprint density at radius 1 is 0.952 bits per heavy atom. The van der Waals surface area contributed by atoms with E-state index >= 15 is 0 Å². The predicted molar refractivity (Wildman–Crippen MR) is 82.0 cm³/mol. The first-order chi connectivity index (χ1) is 10.2. The van der Waals surface area contributed by atoms with Crippen molar-refractivity contribution in [3.8, 4) is 5.75 Å². The van der Waals surface area contributed by atoms with E-state index in [1.165, 1.54) is 12.1 Å². The molecule has 0 aliphatic carbocycles. The van der Waals surface area contributed by atoms with Crippen LogP contribution in [0, 0.1) is 11.7 Å². The zero-order valence-corrected chi connectivity index (χ0v) is 12.3. The molecular formula is C17H19FN2O. The van der Waals surface area contributed by atoms with Crippen molar-refractivity contribution in [3.63, 3.8) is 0 Å². The van der Waals surface area contributed by atoms with E-state index < -0.39 is 0 Å². The van der Waals surface area contributed by atoms with Crippen LogP contribution in [-0.2, 0) is 0 Å². The van der Waals surface area contributed by atoms with Crippen molar-refractivity contribution in [1.29, 1.82) is 0 Å². The Morgan fingerprint density at radius 3 is 2.00 bits per heavy atom. The lowest BCUT2D eigenvalue weighted by molar-refractivity contribution is 0.256. The van der Waals surface area contributed by atoms with Gasteiger partial charge in [0.1, 0.15) is 11.6 Å². The van der Waals surface area contributed by atoms with Crippen LogP contribution in [0.25, 0.3) is 0 Å². The maximum absolute atomic E-state index is 12.8. The number of nitrogens with zero attached hydrogens (tertiary/aromatic N) is 2. The lowest BCUT2D eigenvalue weighted by atomic mass is 10.1. The smallest absolute Gasteiger partial charge is 0.123 e. The first-order valence-corrected chi connectivity index (χ1v) is 7.07. The van der Waals surface area contributed by atoms with Gasteiger partial charge in [-0.25, -0.2) is 4.39 Å². The van der Waals surface area contributed by atoms with Gasteiger partial charge in [0.2, 0.25) is 0 Å². The molecule has 1 atom stereocenters. The minimum atomic E-state index is -0.281. The molecule has 0 saturated heterocycles. The average molecular weight is 286 g/mol. The van der Waals surface area contributed by atoms with Gasteiger partial charge in [0.25, 0.3) is 0 Å². The number of ether oxygens (including phenoxy) is 1. The van der Waals surface area contributed by atoms with Crippen LogP contribution in [0.5, 0.6) is 5.75 Å². The van der Waals surface area contributed by atoms with Gasteiger partial charge in [-0.15, -0.1) is 0 Å². The average Bonchev–Trinajstić information content (AvgIpc) is 2.53. The van der Waals surface area contributed by atoms with Gasteiger partial charge in [-0.3, -0.25) is 0 Å². The van der Waals surface area contributed by atoms with Gasteiger partial charge in [0.05, 0.1) is 18.0 Å². The third-order valence-electron chi connectivity index (χ3n) is 3.18. The van der Waals surface area contributed by atoms with E-state index in [0.29, 0.717) is 18.2 Å². The Bertz CT molecular complexity index is 579. The highest BCUT2D eigenvalue weighted by Crippen LogP contribution is 2.21. The monoisotopic (exact) mass is 286 g/mol. The quantitative estimate of drug-likeness (QED) is 0.630. The molecule has 110 valence electrons. The van der Waals surface area contributed by atoms with Crippen molar-refractivity contribution in [3.05, 3.63) is 54.3 Å². The Hall–Kier alpha value is -2.23. The molecule has 0 spiro atoms. The molecule has 1 unspecified atom stereocenters. The topological polar surface area (TPSA) is 34.0 Å². The highest BCUT2D eigenvalue weighted by Gasteiger charge is 2.00. The van der Waals surface area contributed by atoms with Crippen LogP contribution in [0.4, 0.5) is 15.8 Å². The van der Waals surface area contributed by atoms with Crippen LogP contribution >= 0.6 is 0 Å². The van der Waals surface area contributed by atoms with E-state index in [2.05, 4.69) is 24.1 Å². The maximum atomic E-state index is 12.8. The molecule has 3 nitrogen and oxygen atoms in total. The van der Waals surface area contributed by atoms with Crippen molar-refractivity contribution in [2.45, 2.75) is 20.3 Å². The fourth-order valence-electron chi connectivity index (χ4n) is 1.59. The largest absolute Gasteiger partial charge is 0.493 e. The summed E-state index contributed by atoms with van der Waals surface area (Å²) in [6.07, 6.45) is 1.10. The molecule has 0 heterocycles. The molecule has 0 radical (unpaired) electrons. The summed E-state index contributed by atoms with van der Waals surface area (Å²) in [6, 6.07) is 13.3. The van der Waals surface area contributed by atoms with Crippen molar-refractivity contribution < 1.29 is 9.13 Å². The second kappa shape index (κ2) is 7.53. The number of hydrogen-bond acceptors (Lipinski definition) is 3. The van der Waals surface area contributed by atoms with Crippen LogP contribution in [-0.4, -0.2) is 6.61 Å². The van der Waals surface area contributed by atoms with Crippen LogP contribution < -0.4 is 4.74 Å². The highest BCUT2D eigenvalue weighted by atomic mass is 19.1. The number of halogens is 1. The third-order valence-corrected chi connectivity index (χ3v) is 3.18. The molecule has 0 amide bonds. The molecule has 0 N–H and O–H groups in total. The second-order valence-corrected chi connectivity index (χ2v) is 4.99. The molecular weight excluding hydrogens is 267 g/mol. The fraction of sp³-hybridized carbons (Fsp3) is 0.294. The molecule has 2 aromatic carbocycles. The minimum Gasteiger partial charge on any atom is -0.493 e. The summed E-state index contributed by atoms with van der Waals surface area (Å²) in [4.78, 5) is 0. The Kier molecular flexibility index (Phi) is 5.43. The molecule has 4 heteroatoms. The molecule has 0 aromatic heterocycles. The second-order valence-electron chi connectivity index (χ2n) is 4.99. The van der Waals surface area contributed by atoms with Crippen LogP contribution in [0.15, 0.2) is 58.8 Å². The van der Waals surface area contributed by atoms with E-state index in [0.717, 1.165) is 17.9 Å². The Balaban J connectivity index is 1.94. The van der Waals surface area contributed by atoms with E-state index in [1.54, 1.807) is 12.1 Å². The maximum Gasteiger partial charge on any atom is 0.123 e. The van der Waals surface area contributed by atoms with Crippen LogP contribution in [0.3, 0.4) is 0 Å². The summed E-state index contributed by atoms with van der Waals surface area (Å²) in [5.41, 5.74) is 1.35. The summed E-state index contributed by atoms with van der Waals surface area (Å²) >= 11 is 0. The van der Waals surface area contributed by atoms with Gasteiger partial charge in [0.15, 0.2) is 0 Å². The molecule has 0 aliphatic rings. The summed E-state index contributed by atoms with van der Waals surface area (Å²) in [5.74, 6) is 1.09. The molecule has 0 bridgehead atoms. The summed E-state index contributed by atoms with van der Waals surface area (Å²) in [6.45, 7) is 5.02. The van der Waals surface area contributed by atoms with Gasteiger partial charge >= 0.3 is 0 Å². The first kappa shape index (κ1) is 15.2. The number of benzene rings is 2. The minimum absolute atomic E-state index is 0.281. The number of rotatable bonds is 6. The van der Waals surface area contributed by atoms with Gasteiger partial charge in [0, 0.05) is 0 Å². The zero-order valence-electron chi connectivity index (χ0n) is 12.3. The molecule has 2 rings (SSSR count). The molecule has 2 aromatic rings. The standard InChI is InChI=1S/C17H19FN2O/c1-3-13(2)12-21-17-10-8-16(9-11-17)20-19-15-6-4-14(18)5-7-15/h4-11,13H,3,12H2,1-2H3/b20-19+. The molecule has 21 heavy (non-hydrogen) atoms. The number of hydrogen-bond donors (Lipinski definition) is 0. The lowest BCUT2D eigenvalue weighted by Crippen LogP contribution is -2.06. The van der Waals surface area contributed by atoms with Crippen molar-refractivity contribution in [2.75, 3.05) is 6.61 Å². The third kappa shape index (κ3) is 4.99. The van der Waals surface area contributed by atoms with Crippen LogP contribution in [0.2, 0.25) is 0 Å². The molecule has 0 aliphatic heterocycles. The predicted octanol–water partition coefficient (Wildman–Crippen LogP) is 5.67. The first-order valence-electron chi connectivity index (χ1n) is 7.07. The van der Waals surface area contributed by atoms with Gasteiger partial charge in [-0.2, -0.15) is 10.2 Å². The lowest BCUT2D eigenvalue weighted by Gasteiger charge is -2.10. The van der Waals surface area contributed by atoms with Crippen molar-refractivity contribution >= 4 is 11.4 Å². The SMILES string of the molecule is CCC(C)COc1ccc(/N=N/c2ccc(F)cc2)cc1. The molecule has 0 saturated carbocycles. The molecule has 0 fully saturated rings. The highest BCUT2D eigenvalue weighted by molar-refractivity contribution is 5.42. The Morgan fingerprint density at radius 2 is 1.48 bits per heavy atom. The van der Waals surface area contributed by atoms with Crippen molar-refractivity contribution in [1.82, 2.24) is 0 Å². The normalized spacial score (nSPS) is 12.5. The summed E-state index contributed by atoms with van der Waals surface area (Å²) < 4.78 is 18.4. The van der Waals surface area contributed by atoms with Crippen LogP contribution in [0.1, 0.15) is 20.3 Å². The van der Waals surface area contributed by atoms with Crippen molar-refractivity contribution in [2.24, 2.45) is 16.1 Å². The van der Waals surface area contributed by atoms with Gasteiger partial charge < -0.3 is 4.74 Å².